The number of anilines is 1. The Hall–Kier alpha value is -2.21. The van der Waals surface area contributed by atoms with Gasteiger partial charge < -0.3 is 9.80 Å². The fraction of sp³-hybridized carbons (Fsp3) is 0.450. The molecule has 1 aliphatic carbocycles. The number of hydrogen-bond donors (Lipinski definition) is 0. The third-order valence-electron chi connectivity index (χ3n) is 5.66. The molecule has 1 aromatic heterocycles. The van der Waals surface area contributed by atoms with Crippen LogP contribution in [0.25, 0.3) is 0 Å². The highest BCUT2D eigenvalue weighted by atomic mass is 35.5. The maximum absolute atomic E-state index is 13.4. The van der Waals surface area contributed by atoms with Gasteiger partial charge in [-0.05, 0) is 49.4 Å². The summed E-state index contributed by atoms with van der Waals surface area (Å²) >= 11 is 5.86. The van der Waals surface area contributed by atoms with E-state index in [4.69, 9.17) is 16.6 Å². The fourth-order valence-electron chi connectivity index (χ4n) is 4.26. The molecule has 2 aromatic rings. The van der Waals surface area contributed by atoms with Gasteiger partial charge in [-0.25, -0.2) is 14.4 Å². The zero-order valence-electron chi connectivity index (χ0n) is 15.5. The average Bonchev–Trinajstić information content (AvgIpc) is 3.00. The molecule has 1 aromatic carbocycles. The lowest BCUT2D eigenvalue weighted by atomic mass is 9.77. The third-order valence-corrected chi connectivity index (χ3v) is 5.95. The van der Waals surface area contributed by atoms with Crippen molar-refractivity contribution in [2.75, 3.05) is 32.1 Å². The van der Waals surface area contributed by atoms with E-state index in [1.165, 1.54) is 23.8 Å². The van der Waals surface area contributed by atoms with Crippen molar-refractivity contribution in [3.8, 4) is 0 Å². The number of likely N-dealkylation sites (tertiary alicyclic amines) is 1. The van der Waals surface area contributed by atoms with E-state index in [1.54, 1.807) is 0 Å². The normalized spacial score (nSPS) is 21.4. The molecule has 4 rings (SSSR count). The number of carbonyl (C=O) groups is 1. The van der Waals surface area contributed by atoms with E-state index >= 15 is 0 Å². The van der Waals surface area contributed by atoms with E-state index < -0.39 is 5.82 Å². The standard InChI is InChI=1S/C20H22ClFN4O/c1-25(2)19-23-11-14-6-8-20(17(14)24-19)7-3-9-26(12-20)18(27)13-4-5-16(22)15(21)10-13/h4-5,10-11H,3,6-9,12H2,1-2H3. The highest BCUT2D eigenvalue weighted by Gasteiger charge is 2.45. The minimum Gasteiger partial charge on any atom is -0.347 e. The van der Waals surface area contributed by atoms with Crippen LogP contribution in [0.2, 0.25) is 5.02 Å². The highest BCUT2D eigenvalue weighted by molar-refractivity contribution is 6.31. The fourth-order valence-corrected chi connectivity index (χ4v) is 4.44. The molecule has 0 N–H and O–H groups in total. The van der Waals surface area contributed by atoms with Crippen molar-refractivity contribution in [2.24, 2.45) is 0 Å². The molecule has 7 heteroatoms. The van der Waals surface area contributed by atoms with Gasteiger partial charge in [-0.2, -0.15) is 0 Å². The Morgan fingerprint density at radius 2 is 2.15 bits per heavy atom. The quantitative estimate of drug-likeness (QED) is 0.790. The smallest absolute Gasteiger partial charge is 0.253 e. The van der Waals surface area contributed by atoms with Gasteiger partial charge in [0, 0.05) is 44.4 Å². The highest BCUT2D eigenvalue weighted by Crippen LogP contribution is 2.44. The molecule has 5 nitrogen and oxygen atoms in total. The van der Waals surface area contributed by atoms with E-state index in [0.717, 1.165) is 31.4 Å². The van der Waals surface area contributed by atoms with Gasteiger partial charge in [0.05, 0.1) is 10.7 Å². The summed E-state index contributed by atoms with van der Waals surface area (Å²) in [6, 6.07) is 4.16. The minimum absolute atomic E-state index is 0.0258. The first-order chi connectivity index (χ1) is 12.9. The molecule has 2 aliphatic rings. The molecular formula is C20H22ClFN4O. The second-order valence-corrected chi connectivity index (χ2v) is 8.08. The number of piperidine rings is 1. The molecule has 1 amide bonds. The lowest BCUT2D eigenvalue weighted by Gasteiger charge is -2.40. The van der Waals surface area contributed by atoms with Gasteiger partial charge in [-0.15, -0.1) is 0 Å². The van der Waals surface area contributed by atoms with Crippen molar-refractivity contribution >= 4 is 23.5 Å². The number of rotatable bonds is 2. The van der Waals surface area contributed by atoms with Gasteiger partial charge in [0.15, 0.2) is 0 Å². The Bertz CT molecular complexity index is 900. The maximum atomic E-state index is 13.4. The SMILES string of the molecule is CN(C)c1ncc2c(n1)C1(CCCN(C(=O)c3ccc(F)c(Cl)c3)C1)CC2. The lowest BCUT2D eigenvalue weighted by Crippen LogP contribution is -2.48. The molecule has 1 fully saturated rings. The van der Waals surface area contributed by atoms with Gasteiger partial charge in [-0.3, -0.25) is 4.79 Å². The molecule has 2 heterocycles. The summed E-state index contributed by atoms with van der Waals surface area (Å²) in [6.45, 7) is 1.31. The second kappa shape index (κ2) is 6.75. The molecule has 1 unspecified atom stereocenters. The largest absolute Gasteiger partial charge is 0.347 e. The zero-order chi connectivity index (χ0) is 19.2. The summed E-state index contributed by atoms with van der Waals surface area (Å²) in [4.78, 5) is 26.0. The van der Waals surface area contributed by atoms with Crippen molar-refractivity contribution in [3.05, 3.63) is 52.1 Å². The van der Waals surface area contributed by atoms with E-state index in [1.807, 2.05) is 30.1 Å². The van der Waals surface area contributed by atoms with Crippen molar-refractivity contribution in [3.63, 3.8) is 0 Å². The zero-order valence-corrected chi connectivity index (χ0v) is 16.3. The molecule has 0 saturated carbocycles. The Kier molecular flexibility index (Phi) is 4.54. The lowest BCUT2D eigenvalue weighted by molar-refractivity contribution is 0.0633. The molecule has 0 bridgehead atoms. The molecule has 27 heavy (non-hydrogen) atoms. The molecule has 1 atom stereocenters. The maximum Gasteiger partial charge on any atom is 0.253 e. The number of hydrogen-bond acceptors (Lipinski definition) is 4. The number of aromatic nitrogens is 2. The number of nitrogens with zero attached hydrogens (tertiary/aromatic N) is 4. The molecular weight excluding hydrogens is 367 g/mol. The van der Waals surface area contributed by atoms with Crippen molar-refractivity contribution in [1.82, 2.24) is 14.9 Å². The predicted molar refractivity (Wildman–Crippen MR) is 103 cm³/mol. The van der Waals surface area contributed by atoms with Crippen LogP contribution in [0.1, 0.15) is 40.9 Å². The molecule has 1 spiro atoms. The minimum atomic E-state index is -0.513. The van der Waals surface area contributed by atoms with Gasteiger partial charge in [0.2, 0.25) is 5.95 Å². The Labute approximate surface area is 163 Å². The van der Waals surface area contributed by atoms with Crippen LogP contribution < -0.4 is 4.90 Å². The van der Waals surface area contributed by atoms with Crippen molar-refractivity contribution < 1.29 is 9.18 Å². The first-order valence-corrected chi connectivity index (χ1v) is 9.55. The van der Waals surface area contributed by atoms with Crippen LogP contribution in [0, 0.1) is 5.82 Å². The van der Waals surface area contributed by atoms with E-state index in [-0.39, 0.29) is 16.3 Å². The summed E-state index contributed by atoms with van der Waals surface area (Å²) in [5.74, 6) is 0.0797. The van der Waals surface area contributed by atoms with Crippen LogP contribution in [0.5, 0.6) is 0 Å². The van der Waals surface area contributed by atoms with Gasteiger partial charge in [-0.1, -0.05) is 11.6 Å². The van der Waals surface area contributed by atoms with E-state index in [9.17, 15) is 9.18 Å². The van der Waals surface area contributed by atoms with Gasteiger partial charge in [0.25, 0.3) is 5.91 Å². The molecule has 142 valence electrons. The van der Waals surface area contributed by atoms with E-state index in [2.05, 4.69) is 4.98 Å². The van der Waals surface area contributed by atoms with Gasteiger partial charge in [0.1, 0.15) is 5.82 Å². The summed E-state index contributed by atoms with van der Waals surface area (Å²) < 4.78 is 13.4. The van der Waals surface area contributed by atoms with Crippen molar-refractivity contribution in [1.29, 1.82) is 0 Å². The van der Waals surface area contributed by atoms with Crippen LogP contribution in [-0.2, 0) is 11.8 Å². The summed E-state index contributed by atoms with van der Waals surface area (Å²) in [5, 5.41) is -0.0258. The van der Waals surface area contributed by atoms with Crippen LogP contribution in [0.4, 0.5) is 10.3 Å². The summed E-state index contributed by atoms with van der Waals surface area (Å²) in [6.07, 6.45) is 5.77. The first kappa shape index (κ1) is 18.2. The number of carbonyl (C=O) groups excluding carboxylic acids is 1. The molecule has 0 radical (unpaired) electrons. The predicted octanol–water partition coefficient (Wildman–Crippen LogP) is 3.46. The number of aryl methyl sites for hydroxylation is 1. The third kappa shape index (κ3) is 3.16. The Morgan fingerprint density at radius 1 is 1.33 bits per heavy atom. The van der Waals surface area contributed by atoms with Crippen LogP contribution in [-0.4, -0.2) is 48.0 Å². The number of fused-ring (bicyclic) bond motifs is 2. The van der Waals surface area contributed by atoms with Crippen molar-refractivity contribution in [2.45, 2.75) is 31.1 Å². The van der Waals surface area contributed by atoms with Crippen LogP contribution in [0.3, 0.4) is 0 Å². The monoisotopic (exact) mass is 388 g/mol. The molecule has 1 aliphatic heterocycles. The van der Waals surface area contributed by atoms with E-state index in [0.29, 0.717) is 24.6 Å². The summed E-state index contributed by atoms with van der Waals surface area (Å²) in [5.41, 5.74) is 2.56. The Balaban J connectivity index is 1.63. The van der Waals surface area contributed by atoms with Crippen LogP contribution >= 0.6 is 11.6 Å². The molecule has 1 saturated heterocycles. The topological polar surface area (TPSA) is 49.3 Å². The second-order valence-electron chi connectivity index (χ2n) is 7.68. The van der Waals surface area contributed by atoms with Crippen LogP contribution in [0.15, 0.2) is 24.4 Å². The number of amides is 1. The number of halogens is 2. The first-order valence-electron chi connectivity index (χ1n) is 9.18. The number of benzene rings is 1. The average molecular weight is 389 g/mol. The summed E-state index contributed by atoms with van der Waals surface area (Å²) in [7, 11) is 3.86. The van der Waals surface area contributed by atoms with Gasteiger partial charge >= 0.3 is 0 Å². The Morgan fingerprint density at radius 3 is 2.89 bits per heavy atom.